The molecule has 0 saturated carbocycles. The normalized spacial score (nSPS) is 16.8. The molecule has 1 aliphatic rings. The van der Waals surface area contributed by atoms with Crippen molar-refractivity contribution in [2.24, 2.45) is 0 Å². The topological polar surface area (TPSA) is 52.6 Å². The molecule has 2 rings (SSSR count). The molecule has 0 aliphatic carbocycles. The first-order chi connectivity index (χ1) is 8.10. The first kappa shape index (κ1) is 11.6. The summed E-state index contributed by atoms with van der Waals surface area (Å²) in [5.74, 6) is -0.187. The van der Waals surface area contributed by atoms with Gasteiger partial charge in [-0.25, -0.2) is 0 Å². The highest BCUT2D eigenvalue weighted by Gasteiger charge is 2.29. The van der Waals surface area contributed by atoms with Crippen molar-refractivity contribution in [2.45, 2.75) is 25.7 Å². The average molecular weight is 234 g/mol. The van der Waals surface area contributed by atoms with Crippen molar-refractivity contribution in [1.29, 1.82) is 0 Å². The van der Waals surface area contributed by atoms with Crippen molar-refractivity contribution in [3.63, 3.8) is 0 Å². The van der Waals surface area contributed by atoms with E-state index in [0.717, 1.165) is 16.9 Å². The summed E-state index contributed by atoms with van der Waals surface area (Å²) in [7, 11) is 1.61. The van der Waals surface area contributed by atoms with Gasteiger partial charge in [-0.2, -0.15) is 0 Å². The van der Waals surface area contributed by atoms with Gasteiger partial charge in [0.15, 0.2) is 0 Å². The van der Waals surface area contributed by atoms with E-state index in [1.54, 1.807) is 7.11 Å². The van der Waals surface area contributed by atoms with Gasteiger partial charge in [-0.05, 0) is 30.2 Å². The molecule has 1 aliphatic heterocycles. The van der Waals surface area contributed by atoms with Gasteiger partial charge >= 0.3 is 11.9 Å². The van der Waals surface area contributed by atoms with E-state index in [0.29, 0.717) is 0 Å². The van der Waals surface area contributed by atoms with Crippen molar-refractivity contribution >= 4 is 11.9 Å². The molecule has 0 radical (unpaired) electrons. The number of hydrogen-bond donors (Lipinski definition) is 0. The standard InChI is InChI=1S/C13H14O4/c1-8-5-10(16-2)3-4-11(8)9-6-12(14)17-13(15)7-9/h3-5,9H,6-7H2,1-2H3. The molecule has 0 N–H and O–H groups in total. The van der Waals surface area contributed by atoms with E-state index in [1.807, 2.05) is 25.1 Å². The van der Waals surface area contributed by atoms with Crippen LogP contribution in [0.25, 0.3) is 0 Å². The quantitative estimate of drug-likeness (QED) is 0.579. The third-order valence-electron chi connectivity index (χ3n) is 2.97. The van der Waals surface area contributed by atoms with E-state index >= 15 is 0 Å². The third kappa shape index (κ3) is 2.46. The maximum Gasteiger partial charge on any atom is 0.314 e. The first-order valence-corrected chi connectivity index (χ1v) is 5.48. The molecule has 1 fully saturated rings. The number of esters is 2. The fourth-order valence-corrected chi connectivity index (χ4v) is 2.14. The van der Waals surface area contributed by atoms with Crippen LogP contribution in [0.1, 0.15) is 29.9 Å². The van der Waals surface area contributed by atoms with Gasteiger partial charge in [-0.15, -0.1) is 0 Å². The van der Waals surface area contributed by atoms with E-state index in [-0.39, 0.29) is 18.8 Å². The Balaban J connectivity index is 2.27. The summed E-state index contributed by atoms with van der Waals surface area (Å²) in [5.41, 5.74) is 2.03. The fourth-order valence-electron chi connectivity index (χ4n) is 2.14. The smallest absolute Gasteiger partial charge is 0.314 e. The van der Waals surface area contributed by atoms with Crippen molar-refractivity contribution in [3.8, 4) is 5.75 Å². The van der Waals surface area contributed by atoms with E-state index < -0.39 is 11.9 Å². The number of methoxy groups -OCH3 is 1. The lowest BCUT2D eigenvalue weighted by Gasteiger charge is -2.21. The third-order valence-corrected chi connectivity index (χ3v) is 2.97. The fraction of sp³-hybridized carbons (Fsp3) is 0.385. The number of aryl methyl sites for hydroxylation is 1. The highest BCUT2D eigenvalue weighted by molar-refractivity contribution is 5.89. The molecule has 0 unspecified atom stereocenters. The summed E-state index contributed by atoms with van der Waals surface area (Å²) >= 11 is 0. The van der Waals surface area contributed by atoms with E-state index in [9.17, 15) is 9.59 Å². The zero-order valence-corrected chi connectivity index (χ0v) is 9.86. The lowest BCUT2D eigenvalue weighted by molar-refractivity contribution is -0.163. The number of rotatable bonds is 2. The second-order valence-corrected chi connectivity index (χ2v) is 4.17. The van der Waals surface area contributed by atoms with Crippen LogP contribution < -0.4 is 4.74 Å². The van der Waals surface area contributed by atoms with Crippen LogP contribution in [0.2, 0.25) is 0 Å². The van der Waals surface area contributed by atoms with Gasteiger partial charge in [0.1, 0.15) is 5.75 Å². The molecule has 4 heteroatoms. The van der Waals surface area contributed by atoms with Crippen LogP contribution in [0.3, 0.4) is 0 Å². The first-order valence-electron chi connectivity index (χ1n) is 5.48. The molecule has 1 aromatic carbocycles. The molecule has 0 atom stereocenters. The lowest BCUT2D eigenvalue weighted by Crippen LogP contribution is -2.24. The van der Waals surface area contributed by atoms with Gasteiger partial charge in [-0.3, -0.25) is 9.59 Å². The predicted molar refractivity (Wildman–Crippen MR) is 60.8 cm³/mol. The highest BCUT2D eigenvalue weighted by atomic mass is 16.6. The van der Waals surface area contributed by atoms with Crippen LogP contribution in [0.4, 0.5) is 0 Å². The van der Waals surface area contributed by atoms with Crippen molar-refractivity contribution in [2.75, 3.05) is 7.11 Å². The minimum Gasteiger partial charge on any atom is -0.497 e. The Morgan fingerprint density at radius 1 is 1.24 bits per heavy atom. The van der Waals surface area contributed by atoms with Crippen LogP contribution in [0, 0.1) is 6.92 Å². The maximum absolute atomic E-state index is 11.2. The molecule has 1 heterocycles. The zero-order chi connectivity index (χ0) is 12.4. The largest absolute Gasteiger partial charge is 0.497 e. The summed E-state index contributed by atoms with van der Waals surface area (Å²) in [5, 5.41) is 0. The molecular weight excluding hydrogens is 220 g/mol. The Bertz CT molecular complexity index is 448. The summed E-state index contributed by atoms with van der Waals surface area (Å²) in [4.78, 5) is 22.4. The Morgan fingerprint density at radius 3 is 2.41 bits per heavy atom. The predicted octanol–water partition coefficient (Wildman–Crippen LogP) is 1.95. The summed E-state index contributed by atoms with van der Waals surface area (Å²) in [6, 6.07) is 5.65. The molecule has 0 spiro atoms. The van der Waals surface area contributed by atoms with Crippen molar-refractivity contribution in [3.05, 3.63) is 29.3 Å². The van der Waals surface area contributed by atoms with Gasteiger partial charge in [0.05, 0.1) is 20.0 Å². The van der Waals surface area contributed by atoms with Gasteiger partial charge in [0.25, 0.3) is 0 Å². The van der Waals surface area contributed by atoms with Gasteiger partial charge in [-0.1, -0.05) is 6.07 Å². The Morgan fingerprint density at radius 2 is 1.88 bits per heavy atom. The van der Waals surface area contributed by atoms with Crippen LogP contribution in [0.15, 0.2) is 18.2 Å². The minimum atomic E-state index is -0.443. The Hall–Kier alpha value is -1.84. The second-order valence-electron chi connectivity index (χ2n) is 4.17. The van der Waals surface area contributed by atoms with Gasteiger partial charge in [0, 0.05) is 5.92 Å². The van der Waals surface area contributed by atoms with Crippen LogP contribution in [0.5, 0.6) is 5.75 Å². The minimum absolute atomic E-state index is 0.0744. The van der Waals surface area contributed by atoms with E-state index in [4.69, 9.17) is 4.74 Å². The maximum atomic E-state index is 11.2. The number of benzene rings is 1. The zero-order valence-electron chi connectivity index (χ0n) is 9.86. The molecular formula is C13H14O4. The average Bonchev–Trinajstić information content (AvgIpc) is 2.27. The summed E-state index contributed by atoms with van der Waals surface area (Å²) in [6.45, 7) is 1.95. The Labute approximate surface area is 99.5 Å². The van der Waals surface area contributed by atoms with Crippen LogP contribution in [-0.4, -0.2) is 19.0 Å². The van der Waals surface area contributed by atoms with E-state index in [1.165, 1.54) is 0 Å². The molecule has 90 valence electrons. The van der Waals surface area contributed by atoms with Crippen LogP contribution in [-0.2, 0) is 14.3 Å². The molecule has 4 nitrogen and oxygen atoms in total. The van der Waals surface area contributed by atoms with Gasteiger partial charge in [0.2, 0.25) is 0 Å². The molecule has 0 bridgehead atoms. The summed E-state index contributed by atoms with van der Waals surface area (Å²) in [6.07, 6.45) is 0.526. The summed E-state index contributed by atoms with van der Waals surface area (Å²) < 4.78 is 9.64. The number of carbonyl (C=O) groups is 2. The molecule has 0 amide bonds. The highest BCUT2D eigenvalue weighted by Crippen LogP contribution is 2.31. The second kappa shape index (κ2) is 4.57. The van der Waals surface area contributed by atoms with Crippen molar-refractivity contribution < 1.29 is 19.1 Å². The molecule has 17 heavy (non-hydrogen) atoms. The number of hydrogen-bond acceptors (Lipinski definition) is 4. The van der Waals surface area contributed by atoms with E-state index in [2.05, 4.69) is 4.74 Å². The number of carbonyl (C=O) groups excluding carboxylic acids is 2. The SMILES string of the molecule is COc1ccc(C2CC(=O)OC(=O)C2)c(C)c1. The van der Waals surface area contributed by atoms with Crippen LogP contribution >= 0.6 is 0 Å². The van der Waals surface area contributed by atoms with Gasteiger partial charge < -0.3 is 9.47 Å². The Kier molecular flexibility index (Phi) is 3.13. The molecule has 1 saturated heterocycles. The monoisotopic (exact) mass is 234 g/mol. The molecule has 1 aromatic rings. The number of cyclic esters (lactones) is 2. The number of ether oxygens (including phenoxy) is 2. The lowest BCUT2D eigenvalue weighted by atomic mass is 9.88. The van der Waals surface area contributed by atoms with Crippen molar-refractivity contribution in [1.82, 2.24) is 0 Å². The molecule has 0 aromatic heterocycles.